The maximum atomic E-state index is 12.4. The molecule has 0 aliphatic carbocycles. The van der Waals surface area contributed by atoms with Gasteiger partial charge in [0.05, 0.1) is 11.4 Å². The van der Waals surface area contributed by atoms with Gasteiger partial charge in [0.1, 0.15) is 0 Å². The van der Waals surface area contributed by atoms with Crippen molar-refractivity contribution in [2.75, 3.05) is 13.1 Å². The van der Waals surface area contributed by atoms with Crippen molar-refractivity contribution in [2.45, 2.75) is 33.2 Å². The minimum atomic E-state index is -0.229. The second-order valence-corrected chi connectivity index (χ2v) is 6.64. The van der Waals surface area contributed by atoms with E-state index >= 15 is 0 Å². The molecule has 2 heterocycles. The van der Waals surface area contributed by atoms with Crippen LogP contribution in [0.25, 0.3) is 10.9 Å². The van der Waals surface area contributed by atoms with Crippen molar-refractivity contribution in [3.8, 4) is 0 Å². The first-order valence-electron chi connectivity index (χ1n) is 8.09. The highest BCUT2D eigenvalue weighted by atomic mass is 16.1. The van der Waals surface area contributed by atoms with Gasteiger partial charge in [0.25, 0.3) is 0 Å². The summed E-state index contributed by atoms with van der Waals surface area (Å²) < 4.78 is 0. The molecule has 5 heteroatoms. The van der Waals surface area contributed by atoms with Crippen molar-refractivity contribution in [1.29, 1.82) is 0 Å². The van der Waals surface area contributed by atoms with Crippen LogP contribution in [-0.2, 0) is 11.3 Å². The number of likely N-dealkylation sites (tertiary alicyclic amines) is 1. The Morgan fingerprint density at radius 2 is 2.13 bits per heavy atom. The fraction of sp³-hybridized carbons (Fsp3) is 0.444. The number of aromatic amines is 1. The number of nitrogens with zero attached hydrogens (tertiary/aromatic N) is 1. The number of hydrogen-bond acceptors (Lipinski definition) is 3. The Labute approximate surface area is 135 Å². The third-order valence-electron chi connectivity index (χ3n) is 4.64. The van der Waals surface area contributed by atoms with E-state index in [2.05, 4.69) is 16.0 Å². The van der Waals surface area contributed by atoms with E-state index < -0.39 is 0 Å². The van der Waals surface area contributed by atoms with Crippen LogP contribution in [0, 0.1) is 19.8 Å². The summed E-state index contributed by atoms with van der Waals surface area (Å²) in [5.41, 5.74) is 9.44. The van der Waals surface area contributed by atoms with Crippen molar-refractivity contribution in [2.24, 2.45) is 11.7 Å². The fourth-order valence-corrected chi connectivity index (χ4v) is 3.52. The van der Waals surface area contributed by atoms with Crippen LogP contribution in [-0.4, -0.2) is 28.9 Å². The average Bonchev–Trinajstić information content (AvgIpc) is 2.49. The Kier molecular flexibility index (Phi) is 4.22. The number of nitrogens with two attached hydrogens (primary N) is 1. The SMILES string of the molecule is Cc1cc(C)c2[nH]c(CN3CCC[C@H](C(N)=O)C3)cc(=O)c2c1. The Hall–Kier alpha value is -2.14. The lowest BCUT2D eigenvalue weighted by atomic mass is 9.97. The standard InChI is InChI=1S/C18H23N3O2/c1-11-6-12(2)17-15(7-11)16(22)8-14(20-17)10-21-5-3-4-13(9-21)18(19)23/h6-8,13H,3-5,9-10H2,1-2H3,(H2,19,23)(H,20,22)/t13-/m0/s1. The van der Waals surface area contributed by atoms with Gasteiger partial charge in [-0.2, -0.15) is 0 Å². The third kappa shape index (κ3) is 3.29. The second kappa shape index (κ2) is 6.16. The third-order valence-corrected chi connectivity index (χ3v) is 4.64. The fourth-order valence-electron chi connectivity index (χ4n) is 3.52. The molecule has 23 heavy (non-hydrogen) atoms. The topological polar surface area (TPSA) is 79.2 Å². The van der Waals surface area contributed by atoms with Gasteiger partial charge in [-0.15, -0.1) is 0 Å². The normalized spacial score (nSPS) is 19.1. The number of hydrogen-bond donors (Lipinski definition) is 2. The molecule has 0 radical (unpaired) electrons. The first-order chi connectivity index (χ1) is 10.9. The first-order valence-corrected chi connectivity index (χ1v) is 8.09. The lowest BCUT2D eigenvalue weighted by Crippen LogP contribution is -2.40. The van der Waals surface area contributed by atoms with Gasteiger partial charge in [0.15, 0.2) is 5.43 Å². The summed E-state index contributed by atoms with van der Waals surface area (Å²) in [7, 11) is 0. The quantitative estimate of drug-likeness (QED) is 0.907. The zero-order valence-electron chi connectivity index (χ0n) is 13.7. The zero-order valence-corrected chi connectivity index (χ0v) is 13.7. The van der Waals surface area contributed by atoms with E-state index in [9.17, 15) is 9.59 Å². The lowest BCUT2D eigenvalue weighted by molar-refractivity contribution is -0.123. The number of H-pyrrole nitrogens is 1. The number of carbonyl (C=O) groups is 1. The molecule has 1 atom stereocenters. The van der Waals surface area contributed by atoms with E-state index in [0.717, 1.165) is 47.1 Å². The zero-order chi connectivity index (χ0) is 16.6. The molecule has 1 amide bonds. The van der Waals surface area contributed by atoms with Crippen LogP contribution in [0.15, 0.2) is 23.0 Å². The summed E-state index contributed by atoms with van der Waals surface area (Å²) in [6.45, 7) is 6.25. The molecule has 122 valence electrons. The van der Waals surface area contributed by atoms with E-state index in [4.69, 9.17) is 5.73 Å². The summed E-state index contributed by atoms with van der Waals surface area (Å²) in [5.74, 6) is -0.312. The predicted molar refractivity (Wildman–Crippen MR) is 91.2 cm³/mol. The first kappa shape index (κ1) is 15.7. The van der Waals surface area contributed by atoms with Crippen LogP contribution >= 0.6 is 0 Å². The predicted octanol–water partition coefficient (Wildman–Crippen LogP) is 1.84. The number of benzene rings is 1. The summed E-state index contributed by atoms with van der Waals surface area (Å²) in [5, 5.41) is 0.736. The van der Waals surface area contributed by atoms with E-state index in [1.54, 1.807) is 6.07 Å². The number of aryl methyl sites for hydroxylation is 2. The van der Waals surface area contributed by atoms with E-state index in [-0.39, 0.29) is 17.3 Å². The Morgan fingerprint density at radius 1 is 1.35 bits per heavy atom. The van der Waals surface area contributed by atoms with E-state index in [1.807, 2.05) is 19.9 Å². The molecular formula is C18H23N3O2. The van der Waals surface area contributed by atoms with Gasteiger partial charge in [0.2, 0.25) is 5.91 Å². The number of piperidine rings is 1. The van der Waals surface area contributed by atoms with Gasteiger partial charge in [0, 0.05) is 30.2 Å². The van der Waals surface area contributed by atoms with Gasteiger partial charge in [-0.05, 0) is 50.4 Å². The molecule has 1 aliphatic rings. The van der Waals surface area contributed by atoms with E-state index in [0.29, 0.717) is 13.1 Å². The van der Waals surface area contributed by atoms with Crippen LogP contribution in [0.4, 0.5) is 0 Å². The molecule has 3 N–H and O–H groups in total. The molecule has 5 nitrogen and oxygen atoms in total. The Morgan fingerprint density at radius 3 is 2.87 bits per heavy atom. The molecular weight excluding hydrogens is 290 g/mol. The van der Waals surface area contributed by atoms with E-state index in [1.165, 1.54) is 0 Å². The number of pyridine rings is 1. The van der Waals surface area contributed by atoms with Gasteiger partial charge in [-0.25, -0.2) is 0 Å². The minimum Gasteiger partial charge on any atom is -0.369 e. The van der Waals surface area contributed by atoms with Crippen molar-refractivity contribution in [3.05, 3.63) is 45.2 Å². The number of rotatable bonds is 3. The van der Waals surface area contributed by atoms with Gasteiger partial charge >= 0.3 is 0 Å². The molecule has 1 fully saturated rings. The molecule has 2 aromatic rings. The molecule has 3 rings (SSSR count). The Bertz CT molecular complexity index is 810. The van der Waals surface area contributed by atoms with Gasteiger partial charge in [-0.1, -0.05) is 6.07 Å². The number of carbonyl (C=O) groups excluding carboxylic acids is 1. The Balaban J connectivity index is 1.89. The second-order valence-electron chi connectivity index (χ2n) is 6.64. The highest BCUT2D eigenvalue weighted by Gasteiger charge is 2.24. The molecule has 0 bridgehead atoms. The van der Waals surface area contributed by atoms with Gasteiger partial charge < -0.3 is 10.7 Å². The summed E-state index contributed by atoms with van der Waals surface area (Å²) >= 11 is 0. The number of fused-ring (bicyclic) bond motifs is 1. The maximum Gasteiger partial charge on any atom is 0.221 e. The number of amides is 1. The highest BCUT2D eigenvalue weighted by Crippen LogP contribution is 2.20. The number of primary amides is 1. The molecule has 1 saturated heterocycles. The summed E-state index contributed by atoms with van der Waals surface area (Å²) in [6.07, 6.45) is 1.82. The van der Waals surface area contributed by atoms with Crippen molar-refractivity contribution in [1.82, 2.24) is 9.88 Å². The van der Waals surface area contributed by atoms with Crippen LogP contribution in [0.3, 0.4) is 0 Å². The summed E-state index contributed by atoms with van der Waals surface area (Å²) in [6, 6.07) is 5.68. The van der Waals surface area contributed by atoms with Crippen LogP contribution in [0.2, 0.25) is 0 Å². The largest absolute Gasteiger partial charge is 0.369 e. The maximum absolute atomic E-state index is 12.4. The molecule has 1 aliphatic heterocycles. The van der Waals surface area contributed by atoms with Gasteiger partial charge in [-0.3, -0.25) is 14.5 Å². The highest BCUT2D eigenvalue weighted by molar-refractivity contribution is 5.82. The monoisotopic (exact) mass is 313 g/mol. The van der Waals surface area contributed by atoms with Crippen LogP contribution in [0.1, 0.15) is 29.7 Å². The molecule has 1 aromatic carbocycles. The van der Waals surface area contributed by atoms with Crippen LogP contribution < -0.4 is 11.2 Å². The average molecular weight is 313 g/mol. The molecule has 0 unspecified atom stereocenters. The molecule has 0 saturated carbocycles. The summed E-state index contributed by atoms with van der Waals surface area (Å²) in [4.78, 5) is 29.4. The van der Waals surface area contributed by atoms with Crippen molar-refractivity contribution in [3.63, 3.8) is 0 Å². The molecule has 1 aromatic heterocycles. The van der Waals surface area contributed by atoms with Crippen molar-refractivity contribution >= 4 is 16.8 Å². The number of aromatic nitrogens is 1. The minimum absolute atomic E-state index is 0.0454. The smallest absolute Gasteiger partial charge is 0.221 e. The molecule has 0 spiro atoms. The van der Waals surface area contributed by atoms with Crippen molar-refractivity contribution < 1.29 is 4.79 Å². The number of nitrogens with one attached hydrogen (secondary N) is 1. The van der Waals surface area contributed by atoms with Crippen LogP contribution in [0.5, 0.6) is 0 Å². The lowest BCUT2D eigenvalue weighted by Gasteiger charge is -2.31.